The first-order valence-corrected chi connectivity index (χ1v) is 8.23. The highest BCUT2D eigenvalue weighted by Crippen LogP contribution is 2.58. The fourth-order valence-electron chi connectivity index (χ4n) is 4.34. The van der Waals surface area contributed by atoms with E-state index in [0.29, 0.717) is 12.2 Å². The Morgan fingerprint density at radius 2 is 1.87 bits per heavy atom. The predicted octanol–water partition coefficient (Wildman–Crippen LogP) is 4.51. The molecule has 122 valence electrons. The molecule has 0 saturated heterocycles. The molecule has 0 amide bonds. The van der Waals surface area contributed by atoms with Gasteiger partial charge in [-0.2, -0.15) is 0 Å². The van der Waals surface area contributed by atoms with E-state index < -0.39 is 0 Å². The third kappa shape index (κ3) is 2.17. The zero-order valence-electron chi connectivity index (χ0n) is 14.6. The first kappa shape index (κ1) is 16.0. The summed E-state index contributed by atoms with van der Waals surface area (Å²) in [4.78, 5) is 24.2. The number of carbonyl (C=O) groups is 2. The molecule has 0 fully saturated rings. The normalized spacial score (nSPS) is 29.4. The quantitative estimate of drug-likeness (QED) is 0.435. The monoisotopic (exact) mass is 312 g/mol. The van der Waals surface area contributed by atoms with Crippen molar-refractivity contribution in [2.45, 2.75) is 59.3 Å². The zero-order chi connectivity index (χ0) is 17.0. The Kier molecular flexibility index (Phi) is 3.51. The van der Waals surface area contributed by atoms with Crippen LogP contribution in [0, 0.1) is 12.3 Å². The van der Waals surface area contributed by atoms with E-state index in [1.54, 1.807) is 0 Å². The highest BCUT2D eigenvalue weighted by Gasteiger charge is 2.53. The van der Waals surface area contributed by atoms with Gasteiger partial charge in [0.1, 0.15) is 5.75 Å². The standard InChI is InChI=1S/C20H24O3/c1-12-9-15-16(10-18(12)23-14(3)21)19(4)8-6-7-13(2)20(19,5)11-17(15)22/h7,9-10H,6,8,11H2,1-5H3/t19-,20-/m0/s1. The Balaban J connectivity index is 2.24. The van der Waals surface area contributed by atoms with Crippen molar-refractivity contribution in [1.82, 2.24) is 0 Å². The van der Waals surface area contributed by atoms with Crippen LogP contribution in [0.4, 0.5) is 0 Å². The second-order valence-corrected chi connectivity index (χ2v) is 7.45. The topological polar surface area (TPSA) is 43.4 Å². The van der Waals surface area contributed by atoms with Crippen LogP contribution in [0.2, 0.25) is 0 Å². The Hall–Kier alpha value is -1.90. The van der Waals surface area contributed by atoms with Crippen LogP contribution < -0.4 is 4.74 Å². The number of hydrogen-bond acceptors (Lipinski definition) is 3. The second kappa shape index (κ2) is 5.05. The van der Waals surface area contributed by atoms with E-state index in [1.165, 1.54) is 12.5 Å². The predicted molar refractivity (Wildman–Crippen MR) is 89.9 cm³/mol. The third-order valence-corrected chi connectivity index (χ3v) is 6.16. The van der Waals surface area contributed by atoms with Crippen LogP contribution in [0.3, 0.4) is 0 Å². The summed E-state index contributed by atoms with van der Waals surface area (Å²) < 4.78 is 5.37. The summed E-state index contributed by atoms with van der Waals surface area (Å²) in [5, 5.41) is 0. The lowest BCUT2D eigenvalue weighted by molar-refractivity contribution is -0.131. The van der Waals surface area contributed by atoms with Crippen molar-refractivity contribution in [3.05, 3.63) is 40.5 Å². The Labute approximate surface area is 137 Å². The van der Waals surface area contributed by atoms with Crippen LogP contribution in [0.25, 0.3) is 0 Å². The van der Waals surface area contributed by atoms with E-state index in [1.807, 2.05) is 19.1 Å². The molecule has 0 radical (unpaired) electrons. The summed E-state index contributed by atoms with van der Waals surface area (Å²) in [5.41, 5.74) is 3.68. The minimum Gasteiger partial charge on any atom is -0.426 e. The molecule has 0 aliphatic heterocycles. The molecule has 2 atom stereocenters. The Morgan fingerprint density at radius 1 is 1.17 bits per heavy atom. The highest BCUT2D eigenvalue weighted by atomic mass is 16.5. The number of benzene rings is 1. The van der Waals surface area contributed by atoms with Gasteiger partial charge in [-0.15, -0.1) is 0 Å². The second-order valence-electron chi connectivity index (χ2n) is 7.45. The lowest BCUT2D eigenvalue weighted by Gasteiger charge is -2.53. The molecule has 3 nitrogen and oxygen atoms in total. The summed E-state index contributed by atoms with van der Waals surface area (Å²) >= 11 is 0. The number of esters is 1. The number of rotatable bonds is 1. The number of ether oxygens (including phenoxy) is 1. The molecule has 1 aromatic rings. The number of aryl methyl sites for hydroxylation is 1. The lowest BCUT2D eigenvalue weighted by Crippen LogP contribution is -2.49. The van der Waals surface area contributed by atoms with Crippen LogP contribution in [0.15, 0.2) is 23.8 Å². The molecule has 1 aromatic carbocycles. The Bertz CT molecular complexity index is 743. The molecule has 0 bridgehead atoms. The van der Waals surface area contributed by atoms with Gasteiger partial charge in [0.25, 0.3) is 0 Å². The molecular weight excluding hydrogens is 288 g/mol. The molecule has 0 spiro atoms. The summed E-state index contributed by atoms with van der Waals surface area (Å²) in [5.74, 6) is 0.427. The lowest BCUT2D eigenvalue weighted by atomic mass is 9.49. The third-order valence-electron chi connectivity index (χ3n) is 6.16. The van der Waals surface area contributed by atoms with Crippen molar-refractivity contribution in [3.8, 4) is 5.75 Å². The van der Waals surface area contributed by atoms with Crippen LogP contribution in [0.1, 0.15) is 68.4 Å². The molecule has 0 saturated carbocycles. The van der Waals surface area contributed by atoms with Crippen molar-refractivity contribution in [3.63, 3.8) is 0 Å². The van der Waals surface area contributed by atoms with E-state index in [-0.39, 0.29) is 22.6 Å². The minimum atomic E-state index is -0.331. The maximum Gasteiger partial charge on any atom is 0.308 e. The van der Waals surface area contributed by atoms with Gasteiger partial charge in [-0.3, -0.25) is 9.59 Å². The van der Waals surface area contributed by atoms with Crippen LogP contribution in [-0.2, 0) is 10.2 Å². The average Bonchev–Trinajstić information content (AvgIpc) is 2.45. The van der Waals surface area contributed by atoms with Crippen molar-refractivity contribution < 1.29 is 14.3 Å². The van der Waals surface area contributed by atoms with Gasteiger partial charge in [0.2, 0.25) is 0 Å². The highest BCUT2D eigenvalue weighted by molar-refractivity contribution is 6.01. The van der Waals surface area contributed by atoms with Gasteiger partial charge in [-0.25, -0.2) is 0 Å². The number of carbonyl (C=O) groups excluding carboxylic acids is 2. The molecular formula is C20H24O3. The van der Waals surface area contributed by atoms with Gasteiger partial charge in [-0.05, 0) is 49.9 Å². The van der Waals surface area contributed by atoms with Crippen molar-refractivity contribution >= 4 is 11.8 Å². The number of allylic oxidation sites excluding steroid dienone is 2. The number of hydrogen-bond donors (Lipinski definition) is 0. The number of Topliss-reactive ketones (excluding diaryl/α,β-unsaturated/α-hetero) is 1. The van der Waals surface area contributed by atoms with Gasteiger partial charge in [0.05, 0.1) is 0 Å². The summed E-state index contributed by atoms with van der Waals surface area (Å²) in [7, 11) is 0. The van der Waals surface area contributed by atoms with Crippen LogP contribution in [-0.4, -0.2) is 11.8 Å². The molecule has 0 N–H and O–H groups in total. The molecule has 0 unspecified atom stereocenters. The van der Waals surface area contributed by atoms with Crippen molar-refractivity contribution in [2.75, 3.05) is 0 Å². The average molecular weight is 312 g/mol. The number of fused-ring (bicyclic) bond motifs is 3. The fraction of sp³-hybridized carbons (Fsp3) is 0.500. The van der Waals surface area contributed by atoms with Gasteiger partial charge < -0.3 is 4.74 Å². The maximum atomic E-state index is 12.8. The van der Waals surface area contributed by atoms with E-state index in [0.717, 1.165) is 29.5 Å². The van der Waals surface area contributed by atoms with Crippen LogP contribution in [0.5, 0.6) is 5.75 Å². The van der Waals surface area contributed by atoms with Crippen molar-refractivity contribution in [1.29, 1.82) is 0 Å². The van der Waals surface area contributed by atoms with Gasteiger partial charge in [-0.1, -0.05) is 25.5 Å². The van der Waals surface area contributed by atoms with E-state index in [9.17, 15) is 9.59 Å². The molecule has 0 heterocycles. The molecule has 2 aliphatic carbocycles. The van der Waals surface area contributed by atoms with E-state index in [4.69, 9.17) is 4.74 Å². The summed E-state index contributed by atoms with van der Waals surface area (Å²) in [6.45, 7) is 9.88. The zero-order valence-corrected chi connectivity index (χ0v) is 14.6. The van der Waals surface area contributed by atoms with Gasteiger partial charge >= 0.3 is 5.97 Å². The maximum absolute atomic E-state index is 12.8. The summed E-state index contributed by atoms with van der Waals surface area (Å²) in [6, 6.07) is 3.83. The summed E-state index contributed by atoms with van der Waals surface area (Å²) in [6.07, 6.45) is 4.83. The Morgan fingerprint density at radius 3 is 2.52 bits per heavy atom. The minimum absolute atomic E-state index is 0.113. The first-order chi connectivity index (χ1) is 10.7. The van der Waals surface area contributed by atoms with Gasteiger partial charge in [0, 0.05) is 29.7 Å². The first-order valence-electron chi connectivity index (χ1n) is 8.23. The SMILES string of the molecule is CC(=O)Oc1cc2c(cc1C)C(=O)C[C@@]1(C)C(C)=CCC[C@@]21C. The van der Waals surface area contributed by atoms with Crippen LogP contribution >= 0.6 is 0 Å². The molecule has 3 rings (SSSR count). The largest absolute Gasteiger partial charge is 0.426 e. The number of ketones is 1. The van der Waals surface area contributed by atoms with Gasteiger partial charge in [0.15, 0.2) is 5.78 Å². The fourth-order valence-corrected chi connectivity index (χ4v) is 4.34. The molecule has 23 heavy (non-hydrogen) atoms. The van der Waals surface area contributed by atoms with E-state index >= 15 is 0 Å². The smallest absolute Gasteiger partial charge is 0.308 e. The molecule has 3 heteroatoms. The van der Waals surface area contributed by atoms with Crippen molar-refractivity contribution in [2.24, 2.45) is 5.41 Å². The molecule has 2 aliphatic rings. The molecule has 0 aromatic heterocycles. The van der Waals surface area contributed by atoms with E-state index in [2.05, 4.69) is 26.8 Å².